The molecule has 0 amide bonds. The Bertz CT molecular complexity index is 400. The molecule has 0 bridgehead atoms. The van der Waals surface area contributed by atoms with Gasteiger partial charge in [-0.05, 0) is 30.0 Å². The van der Waals surface area contributed by atoms with Gasteiger partial charge in [-0.25, -0.2) is 0 Å². The van der Waals surface area contributed by atoms with E-state index in [-0.39, 0.29) is 6.10 Å². The summed E-state index contributed by atoms with van der Waals surface area (Å²) in [5.41, 5.74) is 1.15. The molecule has 106 valence electrons. The summed E-state index contributed by atoms with van der Waals surface area (Å²) in [6.07, 6.45) is 1.13. The predicted octanol–water partition coefficient (Wildman–Crippen LogP) is 2.74. The van der Waals surface area contributed by atoms with Gasteiger partial charge in [-0.3, -0.25) is 5.32 Å². The standard InChI is InChI=1S/C15H23NO3/c1-11(2)9-18-15-8-12(4-5-14(15)17-3)13-6-7-16-10-19-13/h4-5,8,11,13,16H,6-7,9-10H2,1-3H3. The Morgan fingerprint density at radius 3 is 2.84 bits per heavy atom. The van der Waals surface area contributed by atoms with E-state index < -0.39 is 0 Å². The lowest BCUT2D eigenvalue weighted by molar-refractivity contribution is 0.00592. The molecule has 1 aliphatic heterocycles. The third-order valence-electron chi connectivity index (χ3n) is 3.10. The molecule has 1 N–H and O–H groups in total. The Morgan fingerprint density at radius 2 is 2.21 bits per heavy atom. The number of methoxy groups -OCH3 is 1. The van der Waals surface area contributed by atoms with E-state index in [0.29, 0.717) is 19.3 Å². The molecule has 0 saturated carbocycles. The van der Waals surface area contributed by atoms with Crippen LogP contribution in [0, 0.1) is 5.92 Å². The van der Waals surface area contributed by atoms with Crippen LogP contribution in [0.5, 0.6) is 11.5 Å². The van der Waals surface area contributed by atoms with Crippen LogP contribution in [0.2, 0.25) is 0 Å². The lowest BCUT2D eigenvalue weighted by atomic mass is 10.0. The Labute approximate surface area is 115 Å². The highest BCUT2D eigenvalue weighted by atomic mass is 16.5. The first-order chi connectivity index (χ1) is 9.20. The summed E-state index contributed by atoms with van der Waals surface area (Å²) < 4.78 is 16.9. The molecule has 1 atom stereocenters. The van der Waals surface area contributed by atoms with Crippen molar-refractivity contribution in [3.63, 3.8) is 0 Å². The molecular formula is C15H23NO3. The van der Waals surface area contributed by atoms with Crippen molar-refractivity contribution in [1.82, 2.24) is 5.32 Å². The Hall–Kier alpha value is -1.26. The van der Waals surface area contributed by atoms with E-state index in [1.165, 1.54) is 0 Å². The number of benzene rings is 1. The second kappa shape index (κ2) is 6.78. The number of hydrogen-bond acceptors (Lipinski definition) is 4. The summed E-state index contributed by atoms with van der Waals surface area (Å²) in [6.45, 7) is 6.54. The first kappa shape index (κ1) is 14.2. The first-order valence-electron chi connectivity index (χ1n) is 6.83. The highest BCUT2D eigenvalue weighted by Gasteiger charge is 2.17. The van der Waals surface area contributed by atoms with Gasteiger partial charge in [-0.15, -0.1) is 0 Å². The molecule has 4 nitrogen and oxygen atoms in total. The van der Waals surface area contributed by atoms with E-state index in [0.717, 1.165) is 30.0 Å². The predicted molar refractivity (Wildman–Crippen MR) is 74.6 cm³/mol. The van der Waals surface area contributed by atoms with Crippen molar-refractivity contribution in [2.75, 3.05) is 27.0 Å². The normalized spacial score (nSPS) is 19.5. The van der Waals surface area contributed by atoms with Crippen LogP contribution in [0.3, 0.4) is 0 Å². The minimum absolute atomic E-state index is 0.147. The van der Waals surface area contributed by atoms with Gasteiger partial charge in [-0.2, -0.15) is 0 Å². The second-order valence-electron chi connectivity index (χ2n) is 5.20. The smallest absolute Gasteiger partial charge is 0.161 e. The van der Waals surface area contributed by atoms with Gasteiger partial charge in [0.2, 0.25) is 0 Å². The summed E-state index contributed by atoms with van der Waals surface area (Å²) in [4.78, 5) is 0. The van der Waals surface area contributed by atoms with Crippen LogP contribution in [-0.4, -0.2) is 27.0 Å². The minimum atomic E-state index is 0.147. The molecule has 1 unspecified atom stereocenters. The van der Waals surface area contributed by atoms with Gasteiger partial charge in [-0.1, -0.05) is 19.9 Å². The van der Waals surface area contributed by atoms with Gasteiger partial charge in [0.1, 0.15) is 0 Å². The van der Waals surface area contributed by atoms with E-state index >= 15 is 0 Å². The van der Waals surface area contributed by atoms with Crippen LogP contribution in [0.15, 0.2) is 18.2 Å². The summed E-state index contributed by atoms with van der Waals surface area (Å²) in [5.74, 6) is 2.07. The van der Waals surface area contributed by atoms with Gasteiger partial charge < -0.3 is 14.2 Å². The first-order valence-corrected chi connectivity index (χ1v) is 6.83. The zero-order valence-electron chi connectivity index (χ0n) is 11.9. The highest BCUT2D eigenvalue weighted by Crippen LogP contribution is 2.33. The number of hydrogen-bond donors (Lipinski definition) is 1. The average Bonchev–Trinajstić information content (AvgIpc) is 2.45. The molecule has 4 heteroatoms. The van der Waals surface area contributed by atoms with Crippen LogP contribution in [0.25, 0.3) is 0 Å². The molecule has 1 fully saturated rings. The van der Waals surface area contributed by atoms with Gasteiger partial charge in [0.15, 0.2) is 11.5 Å². The van der Waals surface area contributed by atoms with Crippen LogP contribution >= 0.6 is 0 Å². The molecule has 1 aliphatic rings. The van der Waals surface area contributed by atoms with Gasteiger partial charge in [0.05, 0.1) is 26.6 Å². The fraction of sp³-hybridized carbons (Fsp3) is 0.600. The van der Waals surface area contributed by atoms with Crippen molar-refractivity contribution in [2.24, 2.45) is 5.92 Å². The SMILES string of the molecule is COc1ccc(C2CCNCO2)cc1OCC(C)C. The van der Waals surface area contributed by atoms with Crippen molar-refractivity contribution in [3.8, 4) is 11.5 Å². The van der Waals surface area contributed by atoms with Crippen molar-refractivity contribution in [1.29, 1.82) is 0 Å². The maximum Gasteiger partial charge on any atom is 0.161 e. The molecule has 1 heterocycles. The van der Waals surface area contributed by atoms with E-state index in [9.17, 15) is 0 Å². The van der Waals surface area contributed by atoms with E-state index in [4.69, 9.17) is 14.2 Å². The van der Waals surface area contributed by atoms with Gasteiger partial charge >= 0.3 is 0 Å². The Balaban J connectivity index is 2.14. The number of rotatable bonds is 5. The molecule has 1 saturated heterocycles. The highest BCUT2D eigenvalue weighted by molar-refractivity contribution is 5.43. The van der Waals surface area contributed by atoms with E-state index in [1.807, 2.05) is 12.1 Å². The monoisotopic (exact) mass is 265 g/mol. The van der Waals surface area contributed by atoms with Crippen LogP contribution in [-0.2, 0) is 4.74 Å². The maximum atomic E-state index is 5.82. The molecular weight excluding hydrogens is 242 g/mol. The average molecular weight is 265 g/mol. The largest absolute Gasteiger partial charge is 0.493 e. The van der Waals surface area contributed by atoms with Crippen LogP contribution in [0.4, 0.5) is 0 Å². The third kappa shape index (κ3) is 3.85. The summed E-state index contributed by atoms with van der Waals surface area (Å²) in [5, 5.41) is 3.18. The summed E-state index contributed by atoms with van der Waals surface area (Å²) >= 11 is 0. The minimum Gasteiger partial charge on any atom is -0.493 e. The Kier molecular flexibility index (Phi) is 5.05. The maximum absolute atomic E-state index is 5.82. The fourth-order valence-corrected chi connectivity index (χ4v) is 2.07. The zero-order chi connectivity index (χ0) is 13.7. The molecule has 2 rings (SSSR count). The molecule has 19 heavy (non-hydrogen) atoms. The number of nitrogens with one attached hydrogen (secondary N) is 1. The quantitative estimate of drug-likeness (QED) is 0.888. The van der Waals surface area contributed by atoms with Crippen molar-refractivity contribution in [3.05, 3.63) is 23.8 Å². The van der Waals surface area contributed by atoms with E-state index in [1.54, 1.807) is 7.11 Å². The van der Waals surface area contributed by atoms with Crippen LogP contribution in [0.1, 0.15) is 31.9 Å². The second-order valence-corrected chi connectivity index (χ2v) is 5.20. The lowest BCUT2D eigenvalue weighted by Crippen LogP contribution is -2.28. The molecule has 0 spiro atoms. The lowest BCUT2D eigenvalue weighted by Gasteiger charge is -2.24. The van der Waals surface area contributed by atoms with Crippen LogP contribution < -0.4 is 14.8 Å². The molecule has 1 aromatic carbocycles. The molecule has 0 aromatic heterocycles. The Morgan fingerprint density at radius 1 is 1.37 bits per heavy atom. The molecule has 0 radical (unpaired) electrons. The third-order valence-corrected chi connectivity index (χ3v) is 3.10. The molecule has 1 aromatic rings. The topological polar surface area (TPSA) is 39.7 Å². The zero-order valence-corrected chi connectivity index (χ0v) is 11.9. The van der Waals surface area contributed by atoms with Crippen molar-refractivity contribution >= 4 is 0 Å². The van der Waals surface area contributed by atoms with Gasteiger partial charge in [0.25, 0.3) is 0 Å². The van der Waals surface area contributed by atoms with Crippen molar-refractivity contribution < 1.29 is 14.2 Å². The number of ether oxygens (including phenoxy) is 3. The van der Waals surface area contributed by atoms with Gasteiger partial charge in [0, 0.05) is 6.54 Å². The molecule has 0 aliphatic carbocycles. The van der Waals surface area contributed by atoms with Crippen molar-refractivity contribution in [2.45, 2.75) is 26.4 Å². The summed E-state index contributed by atoms with van der Waals surface area (Å²) in [7, 11) is 1.66. The van der Waals surface area contributed by atoms with E-state index in [2.05, 4.69) is 25.2 Å². The summed E-state index contributed by atoms with van der Waals surface area (Å²) in [6, 6.07) is 6.05. The fourth-order valence-electron chi connectivity index (χ4n) is 2.07.